The van der Waals surface area contributed by atoms with Crippen molar-refractivity contribution >= 4 is 27.6 Å². The predicted octanol–water partition coefficient (Wildman–Crippen LogP) is 3.51. The predicted molar refractivity (Wildman–Crippen MR) is 75.7 cm³/mol. The standard InChI is InChI=1S/C16H11NO2/c1-10-6-7-14-13(8-10)17-15(19-14)9-11-4-2-3-5-12(11)16(17)18/h2-9H,1H3. The molecule has 2 aromatic carbocycles. The van der Waals surface area contributed by atoms with Crippen molar-refractivity contribution in [1.29, 1.82) is 0 Å². The van der Waals surface area contributed by atoms with Crippen molar-refractivity contribution in [3.63, 3.8) is 0 Å². The lowest BCUT2D eigenvalue weighted by Gasteiger charge is -1.98. The lowest BCUT2D eigenvalue weighted by atomic mass is 10.2. The Labute approximate surface area is 108 Å². The molecule has 2 aromatic heterocycles. The van der Waals surface area contributed by atoms with Crippen LogP contribution in [0.15, 0.2) is 57.7 Å². The number of aryl methyl sites for hydroxylation is 1. The fourth-order valence-electron chi connectivity index (χ4n) is 2.54. The molecule has 0 radical (unpaired) electrons. The second kappa shape index (κ2) is 3.48. The molecule has 0 spiro atoms. The highest BCUT2D eigenvalue weighted by molar-refractivity contribution is 5.88. The smallest absolute Gasteiger partial charge is 0.265 e. The van der Waals surface area contributed by atoms with Crippen LogP contribution < -0.4 is 5.56 Å². The molecule has 0 fully saturated rings. The Kier molecular flexibility index (Phi) is 1.90. The zero-order chi connectivity index (χ0) is 13.0. The molecule has 3 nitrogen and oxygen atoms in total. The van der Waals surface area contributed by atoms with Gasteiger partial charge in [0, 0.05) is 11.5 Å². The third kappa shape index (κ3) is 1.35. The number of pyridine rings is 1. The van der Waals surface area contributed by atoms with Gasteiger partial charge < -0.3 is 4.42 Å². The molecule has 2 heterocycles. The molecule has 92 valence electrons. The van der Waals surface area contributed by atoms with Crippen LogP contribution in [0.2, 0.25) is 0 Å². The highest BCUT2D eigenvalue weighted by atomic mass is 16.3. The number of oxazole rings is 1. The molecule has 4 rings (SSSR count). The van der Waals surface area contributed by atoms with E-state index in [1.54, 1.807) is 4.40 Å². The summed E-state index contributed by atoms with van der Waals surface area (Å²) in [4.78, 5) is 12.6. The van der Waals surface area contributed by atoms with Gasteiger partial charge in [0.25, 0.3) is 5.56 Å². The Morgan fingerprint density at radius 3 is 2.79 bits per heavy atom. The zero-order valence-corrected chi connectivity index (χ0v) is 10.4. The Morgan fingerprint density at radius 2 is 1.89 bits per heavy atom. The van der Waals surface area contributed by atoms with Crippen molar-refractivity contribution in [1.82, 2.24) is 4.40 Å². The summed E-state index contributed by atoms with van der Waals surface area (Å²) in [6.45, 7) is 2.00. The first kappa shape index (κ1) is 10.4. The van der Waals surface area contributed by atoms with Gasteiger partial charge in [-0.2, -0.15) is 0 Å². The van der Waals surface area contributed by atoms with E-state index in [0.717, 1.165) is 22.0 Å². The third-order valence-electron chi connectivity index (χ3n) is 3.46. The van der Waals surface area contributed by atoms with Crippen molar-refractivity contribution in [2.75, 3.05) is 0 Å². The molecule has 0 aliphatic heterocycles. The maximum atomic E-state index is 12.6. The Morgan fingerprint density at radius 1 is 1.05 bits per heavy atom. The van der Waals surface area contributed by atoms with Crippen LogP contribution in [0.4, 0.5) is 0 Å². The summed E-state index contributed by atoms with van der Waals surface area (Å²) in [5.74, 6) is 0. The Balaban J connectivity index is 2.35. The van der Waals surface area contributed by atoms with Crippen LogP contribution in [0.5, 0.6) is 0 Å². The molecule has 0 aliphatic carbocycles. The second-order valence-electron chi connectivity index (χ2n) is 4.78. The van der Waals surface area contributed by atoms with Crippen molar-refractivity contribution in [2.24, 2.45) is 0 Å². The van der Waals surface area contributed by atoms with E-state index in [0.29, 0.717) is 11.1 Å². The maximum absolute atomic E-state index is 12.6. The second-order valence-corrected chi connectivity index (χ2v) is 4.78. The molecule has 0 unspecified atom stereocenters. The van der Waals surface area contributed by atoms with Crippen molar-refractivity contribution in [2.45, 2.75) is 6.92 Å². The summed E-state index contributed by atoms with van der Waals surface area (Å²) in [6.07, 6.45) is 0. The topological polar surface area (TPSA) is 34.6 Å². The van der Waals surface area contributed by atoms with Crippen molar-refractivity contribution in [3.05, 3.63) is 64.4 Å². The average molecular weight is 249 g/mol. The van der Waals surface area contributed by atoms with Crippen LogP contribution in [0.25, 0.3) is 27.6 Å². The van der Waals surface area contributed by atoms with Gasteiger partial charge in [-0.3, -0.25) is 4.79 Å². The largest absolute Gasteiger partial charge is 0.438 e. The third-order valence-corrected chi connectivity index (χ3v) is 3.46. The lowest BCUT2D eigenvalue weighted by molar-refractivity contribution is 0.653. The van der Waals surface area contributed by atoms with Gasteiger partial charge in [-0.15, -0.1) is 0 Å². The molecule has 0 saturated heterocycles. The van der Waals surface area contributed by atoms with E-state index in [4.69, 9.17) is 4.42 Å². The van der Waals surface area contributed by atoms with Gasteiger partial charge in [-0.1, -0.05) is 24.3 Å². The molecule has 4 aromatic rings. The number of fused-ring (bicyclic) bond motifs is 4. The van der Waals surface area contributed by atoms with E-state index < -0.39 is 0 Å². The number of aromatic nitrogens is 1. The molecule has 0 atom stereocenters. The van der Waals surface area contributed by atoms with Crippen LogP contribution >= 0.6 is 0 Å². The van der Waals surface area contributed by atoms with E-state index >= 15 is 0 Å². The van der Waals surface area contributed by atoms with Gasteiger partial charge in [0.15, 0.2) is 5.58 Å². The van der Waals surface area contributed by atoms with Crippen LogP contribution in [0.3, 0.4) is 0 Å². The normalized spacial score (nSPS) is 11.6. The van der Waals surface area contributed by atoms with Gasteiger partial charge in [-0.05, 0) is 36.1 Å². The average Bonchev–Trinajstić information content (AvgIpc) is 2.76. The van der Waals surface area contributed by atoms with Crippen LogP contribution in [-0.4, -0.2) is 4.40 Å². The van der Waals surface area contributed by atoms with Crippen LogP contribution in [-0.2, 0) is 0 Å². The van der Waals surface area contributed by atoms with Crippen molar-refractivity contribution in [3.8, 4) is 0 Å². The number of hydrogen-bond donors (Lipinski definition) is 0. The molecule has 0 aliphatic rings. The molecule has 0 N–H and O–H groups in total. The van der Waals surface area contributed by atoms with Crippen molar-refractivity contribution < 1.29 is 4.42 Å². The molecule has 19 heavy (non-hydrogen) atoms. The maximum Gasteiger partial charge on any atom is 0.265 e. The zero-order valence-electron chi connectivity index (χ0n) is 10.4. The molecule has 0 bridgehead atoms. The van der Waals surface area contributed by atoms with Gasteiger partial charge in [-0.25, -0.2) is 4.40 Å². The summed E-state index contributed by atoms with van der Waals surface area (Å²) in [7, 11) is 0. The summed E-state index contributed by atoms with van der Waals surface area (Å²) >= 11 is 0. The minimum Gasteiger partial charge on any atom is -0.438 e. The highest BCUT2D eigenvalue weighted by Crippen LogP contribution is 2.22. The van der Waals surface area contributed by atoms with E-state index in [-0.39, 0.29) is 5.56 Å². The van der Waals surface area contributed by atoms with Gasteiger partial charge in [0.2, 0.25) is 5.71 Å². The molecule has 0 amide bonds. The van der Waals surface area contributed by atoms with Crippen LogP contribution in [0.1, 0.15) is 5.56 Å². The fourth-order valence-corrected chi connectivity index (χ4v) is 2.54. The first-order valence-corrected chi connectivity index (χ1v) is 6.18. The van der Waals surface area contributed by atoms with Crippen LogP contribution in [0, 0.1) is 6.92 Å². The quantitative estimate of drug-likeness (QED) is 0.478. The molecular formula is C16H11NO2. The molecular weight excluding hydrogens is 238 g/mol. The summed E-state index contributed by atoms with van der Waals surface area (Å²) < 4.78 is 7.40. The fraction of sp³-hybridized carbons (Fsp3) is 0.0625. The van der Waals surface area contributed by atoms with Gasteiger partial charge in [0.05, 0.1) is 5.52 Å². The lowest BCUT2D eigenvalue weighted by Crippen LogP contribution is -2.11. The van der Waals surface area contributed by atoms with E-state index in [1.807, 2.05) is 55.5 Å². The number of benzene rings is 2. The van der Waals surface area contributed by atoms with E-state index in [1.165, 1.54) is 0 Å². The summed E-state index contributed by atoms with van der Waals surface area (Å²) in [5.41, 5.74) is 3.22. The molecule has 0 saturated carbocycles. The van der Waals surface area contributed by atoms with E-state index in [9.17, 15) is 4.79 Å². The SMILES string of the molecule is Cc1ccc2oc3cc4ccccc4c(=O)n3c2c1. The monoisotopic (exact) mass is 249 g/mol. The minimum absolute atomic E-state index is 0.0301. The Hall–Kier alpha value is -2.55. The molecule has 3 heteroatoms. The number of rotatable bonds is 0. The number of hydrogen-bond acceptors (Lipinski definition) is 2. The highest BCUT2D eigenvalue weighted by Gasteiger charge is 2.11. The minimum atomic E-state index is -0.0301. The summed E-state index contributed by atoms with van der Waals surface area (Å²) in [6, 6.07) is 15.3. The first-order valence-electron chi connectivity index (χ1n) is 6.18. The van der Waals surface area contributed by atoms with Gasteiger partial charge in [0.1, 0.15) is 0 Å². The first-order chi connectivity index (χ1) is 9.24. The van der Waals surface area contributed by atoms with E-state index in [2.05, 4.69) is 0 Å². The van der Waals surface area contributed by atoms with Gasteiger partial charge >= 0.3 is 0 Å². The summed E-state index contributed by atoms with van der Waals surface area (Å²) in [5, 5.41) is 1.62. The number of nitrogens with zero attached hydrogens (tertiary/aromatic N) is 1. The Bertz CT molecular complexity index is 992.